The van der Waals surface area contributed by atoms with E-state index in [1.807, 2.05) is 6.92 Å². The Balaban J connectivity index is 0.000000153. The van der Waals surface area contributed by atoms with Crippen molar-refractivity contribution < 1.29 is 9.90 Å². The Hall–Kier alpha value is -0.790. The third-order valence-electron chi connectivity index (χ3n) is 3.64. The average molecular weight is 210 g/mol. The summed E-state index contributed by atoms with van der Waals surface area (Å²) in [5, 5.41) is 8.18. The molecule has 0 spiro atoms. The van der Waals surface area contributed by atoms with Gasteiger partial charge in [0, 0.05) is 0 Å². The van der Waals surface area contributed by atoms with E-state index in [-0.39, 0.29) is 5.92 Å². The van der Waals surface area contributed by atoms with Crippen molar-refractivity contribution in [2.24, 2.45) is 23.7 Å². The number of fused-ring (bicyclic) bond motifs is 2. The van der Waals surface area contributed by atoms with E-state index in [4.69, 9.17) is 5.11 Å². The first-order valence-corrected chi connectivity index (χ1v) is 5.95. The fraction of sp³-hybridized carbons (Fsp3) is 0.769. The van der Waals surface area contributed by atoms with Crippen LogP contribution in [0.25, 0.3) is 0 Å². The summed E-state index contributed by atoms with van der Waals surface area (Å²) in [5.74, 6) is 2.03. The Morgan fingerprint density at radius 2 is 2.13 bits per heavy atom. The molecule has 2 aliphatic carbocycles. The molecule has 2 nitrogen and oxygen atoms in total. The molecule has 1 fully saturated rings. The molecule has 2 rings (SSSR count). The molecule has 2 heteroatoms. The van der Waals surface area contributed by atoms with Gasteiger partial charge in [0.05, 0.1) is 5.92 Å². The largest absolute Gasteiger partial charge is 0.481 e. The van der Waals surface area contributed by atoms with Gasteiger partial charge in [-0.05, 0) is 37.0 Å². The van der Waals surface area contributed by atoms with Crippen molar-refractivity contribution in [2.45, 2.75) is 40.0 Å². The predicted molar refractivity (Wildman–Crippen MR) is 61.6 cm³/mol. The molecule has 4 atom stereocenters. The highest BCUT2D eigenvalue weighted by Gasteiger charge is 2.32. The van der Waals surface area contributed by atoms with E-state index in [1.165, 1.54) is 12.8 Å². The van der Waals surface area contributed by atoms with Crippen molar-refractivity contribution in [3.8, 4) is 0 Å². The topological polar surface area (TPSA) is 37.3 Å². The average Bonchev–Trinajstić information content (AvgIpc) is 2.78. The molecular weight excluding hydrogens is 188 g/mol. The maximum Gasteiger partial charge on any atom is 0.306 e. The summed E-state index contributed by atoms with van der Waals surface area (Å²) in [7, 11) is 0. The number of allylic oxidation sites excluding steroid dienone is 2. The van der Waals surface area contributed by atoms with Crippen molar-refractivity contribution >= 4 is 5.97 Å². The van der Waals surface area contributed by atoms with Gasteiger partial charge in [-0.1, -0.05) is 32.9 Å². The molecule has 1 saturated carbocycles. The monoisotopic (exact) mass is 210 g/mol. The van der Waals surface area contributed by atoms with Gasteiger partial charge in [-0.25, -0.2) is 0 Å². The molecule has 4 unspecified atom stereocenters. The van der Waals surface area contributed by atoms with E-state index in [0.29, 0.717) is 0 Å². The smallest absolute Gasteiger partial charge is 0.306 e. The molecule has 1 N–H and O–H groups in total. The first-order valence-electron chi connectivity index (χ1n) is 5.95. The molecule has 2 aliphatic rings. The van der Waals surface area contributed by atoms with E-state index in [2.05, 4.69) is 19.1 Å². The summed E-state index contributed by atoms with van der Waals surface area (Å²) in [4.78, 5) is 9.93. The van der Waals surface area contributed by atoms with Crippen LogP contribution >= 0.6 is 0 Å². The van der Waals surface area contributed by atoms with Gasteiger partial charge in [0.2, 0.25) is 0 Å². The second kappa shape index (κ2) is 5.34. The highest BCUT2D eigenvalue weighted by atomic mass is 16.4. The second-order valence-corrected chi connectivity index (χ2v) is 4.91. The van der Waals surface area contributed by atoms with Crippen molar-refractivity contribution in [1.82, 2.24) is 0 Å². The van der Waals surface area contributed by atoms with Gasteiger partial charge in [-0.15, -0.1) is 0 Å². The standard InChI is InChI=1S/C8H12.C5H10O2/c1-6-4-7-2-3-8(6)5-7;1-3-4(2)5(6)7/h2-3,6-8H,4-5H2,1H3;4H,3H2,1-2H3,(H,6,7). The number of hydrogen-bond acceptors (Lipinski definition) is 1. The maximum atomic E-state index is 9.93. The molecule has 86 valence electrons. The number of carboxylic acid groups (broad SMARTS) is 1. The first-order chi connectivity index (χ1) is 7.04. The van der Waals surface area contributed by atoms with Crippen LogP contribution < -0.4 is 0 Å². The number of aliphatic carboxylic acids is 1. The lowest BCUT2D eigenvalue weighted by Gasteiger charge is -2.09. The molecule has 15 heavy (non-hydrogen) atoms. The van der Waals surface area contributed by atoms with Crippen LogP contribution in [0.2, 0.25) is 0 Å². The zero-order chi connectivity index (χ0) is 11.4. The van der Waals surface area contributed by atoms with Crippen molar-refractivity contribution in [1.29, 1.82) is 0 Å². The minimum absolute atomic E-state index is 0.181. The van der Waals surface area contributed by atoms with Gasteiger partial charge in [0.25, 0.3) is 0 Å². The number of carbonyl (C=O) groups is 1. The van der Waals surface area contributed by atoms with E-state index in [0.717, 1.165) is 24.2 Å². The summed E-state index contributed by atoms with van der Waals surface area (Å²) in [6, 6.07) is 0. The summed E-state index contributed by atoms with van der Waals surface area (Å²) >= 11 is 0. The van der Waals surface area contributed by atoms with Gasteiger partial charge in [0.15, 0.2) is 0 Å². The van der Waals surface area contributed by atoms with Gasteiger partial charge in [-0.2, -0.15) is 0 Å². The van der Waals surface area contributed by atoms with Gasteiger partial charge in [-0.3, -0.25) is 4.79 Å². The van der Waals surface area contributed by atoms with E-state index in [1.54, 1.807) is 6.92 Å². The van der Waals surface area contributed by atoms with Crippen molar-refractivity contribution in [2.75, 3.05) is 0 Å². The number of carboxylic acids is 1. The zero-order valence-electron chi connectivity index (χ0n) is 9.94. The summed E-state index contributed by atoms with van der Waals surface area (Å²) in [6.45, 7) is 5.93. The minimum atomic E-state index is -0.706. The maximum absolute atomic E-state index is 9.93. The van der Waals surface area contributed by atoms with Gasteiger partial charge < -0.3 is 5.11 Å². The van der Waals surface area contributed by atoms with E-state index >= 15 is 0 Å². The summed E-state index contributed by atoms with van der Waals surface area (Å²) < 4.78 is 0. The fourth-order valence-corrected chi connectivity index (χ4v) is 2.23. The Morgan fingerprint density at radius 3 is 2.27 bits per heavy atom. The van der Waals surface area contributed by atoms with Crippen LogP contribution in [-0.2, 0) is 4.79 Å². The lowest BCUT2D eigenvalue weighted by Crippen LogP contribution is -2.06. The quantitative estimate of drug-likeness (QED) is 0.710. The molecule has 0 aromatic rings. The van der Waals surface area contributed by atoms with Crippen LogP contribution in [0.3, 0.4) is 0 Å². The highest BCUT2D eigenvalue weighted by molar-refractivity contribution is 5.69. The van der Waals surface area contributed by atoms with Crippen molar-refractivity contribution in [3.05, 3.63) is 12.2 Å². The van der Waals surface area contributed by atoms with Crippen LogP contribution in [0.5, 0.6) is 0 Å². The molecule has 0 amide bonds. The third-order valence-corrected chi connectivity index (χ3v) is 3.64. The fourth-order valence-electron chi connectivity index (χ4n) is 2.23. The predicted octanol–water partition coefficient (Wildman–Crippen LogP) is 3.34. The minimum Gasteiger partial charge on any atom is -0.481 e. The molecule has 0 aliphatic heterocycles. The molecule has 2 bridgehead atoms. The van der Waals surface area contributed by atoms with E-state index in [9.17, 15) is 4.79 Å². The normalized spacial score (nSPS) is 33.4. The lowest BCUT2D eigenvalue weighted by molar-refractivity contribution is -0.141. The van der Waals surface area contributed by atoms with Crippen LogP contribution in [0.15, 0.2) is 12.2 Å². The number of hydrogen-bond donors (Lipinski definition) is 1. The summed E-state index contributed by atoms with van der Waals surface area (Å²) in [6.07, 6.45) is 8.43. The summed E-state index contributed by atoms with van der Waals surface area (Å²) in [5.41, 5.74) is 0. The second-order valence-electron chi connectivity index (χ2n) is 4.91. The van der Waals surface area contributed by atoms with Gasteiger partial charge >= 0.3 is 5.97 Å². The van der Waals surface area contributed by atoms with Crippen LogP contribution in [0, 0.1) is 23.7 Å². The molecule has 0 heterocycles. The van der Waals surface area contributed by atoms with Crippen molar-refractivity contribution in [3.63, 3.8) is 0 Å². The van der Waals surface area contributed by atoms with Crippen LogP contribution in [-0.4, -0.2) is 11.1 Å². The Labute approximate surface area is 92.4 Å². The molecule has 0 aromatic heterocycles. The third kappa shape index (κ3) is 3.37. The molecule has 0 aromatic carbocycles. The zero-order valence-corrected chi connectivity index (χ0v) is 9.94. The Bertz CT molecular complexity index is 245. The first kappa shape index (κ1) is 12.3. The Morgan fingerprint density at radius 1 is 1.47 bits per heavy atom. The SMILES string of the molecule is CC1CC2C=CC1C2.CCC(C)C(=O)O. The number of rotatable bonds is 2. The van der Waals surface area contributed by atoms with Gasteiger partial charge in [0.1, 0.15) is 0 Å². The van der Waals surface area contributed by atoms with Crippen LogP contribution in [0.1, 0.15) is 40.0 Å². The molecular formula is C13H22O2. The molecule has 0 saturated heterocycles. The Kier molecular flexibility index (Phi) is 4.37. The van der Waals surface area contributed by atoms with Crippen LogP contribution in [0.4, 0.5) is 0 Å². The molecule has 0 radical (unpaired) electrons. The van der Waals surface area contributed by atoms with E-state index < -0.39 is 5.97 Å². The lowest BCUT2D eigenvalue weighted by atomic mass is 9.96. The highest BCUT2D eigenvalue weighted by Crippen LogP contribution is 2.42.